The summed E-state index contributed by atoms with van der Waals surface area (Å²) in [4.78, 5) is 12.9. The van der Waals surface area contributed by atoms with Crippen molar-refractivity contribution in [3.05, 3.63) is 83.8 Å². The molecule has 1 N–H and O–H groups in total. The quantitative estimate of drug-likeness (QED) is 0.367. The maximum absolute atomic E-state index is 12.9. The van der Waals surface area contributed by atoms with E-state index >= 15 is 0 Å². The van der Waals surface area contributed by atoms with Crippen LogP contribution < -0.4 is 10.1 Å². The zero-order chi connectivity index (χ0) is 23.3. The van der Waals surface area contributed by atoms with E-state index in [2.05, 4.69) is 33.7 Å². The number of furan rings is 1. The molecular formula is C26H26N4O3S. The Balaban J connectivity index is 1.33. The molecule has 0 aliphatic heterocycles. The molecule has 1 aliphatic carbocycles. The predicted molar refractivity (Wildman–Crippen MR) is 131 cm³/mol. The Morgan fingerprint density at radius 3 is 2.94 bits per heavy atom. The van der Waals surface area contributed by atoms with Gasteiger partial charge in [0.25, 0.3) is 0 Å². The average Bonchev–Trinajstić information content (AvgIpc) is 3.53. The van der Waals surface area contributed by atoms with Gasteiger partial charge in [0.05, 0.1) is 31.7 Å². The van der Waals surface area contributed by atoms with Gasteiger partial charge in [-0.3, -0.25) is 9.36 Å². The fraction of sp³-hybridized carbons (Fsp3) is 0.269. The molecular weight excluding hydrogens is 448 g/mol. The lowest BCUT2D eigenvalue weighted by Crippen LogP contribution is -2.32. The maximum atomic E-state index is 12.9. The molecule has 1 aliphatic rings. The van der Waals surface area contributed by atoms with Gasteiger partial charge in [0.15, 0.2) is 11.0 Å². The van der Waals surface area contributed by atoms with E-state index < -0.39 is 0 Å². The number of nitrogens with zero attached hydrogens (tertiary/aromatic N) is 3. The normalized spacial score (nSPS) is 15.0. The number of rotatable bonds is 8. The lowest BCUT2D eigenvalue weighted by Gasteiger charge is -2.26. The van der Waals surface area contributed by atoms with Gasteiger partial charge in [0, 0.05) is 5.56 Å². The van der Waals surface area contributed by atoms with Crippen LogP contribution in [0.25, 0.3) is 11.4 Å². The second-order valence-electron chi connectivity index (χ2n) is 8.20. The molecule has 34 heavy (non-hydrogen) atoms. The van der Waals surface area contributed by atoms with Crippen molar-refractivity contribution < 1.29 is 13.9 Å². The van der Waals surface area contributed by atoms with E-state index in [-0.39, 0.29) is 17.7 Å². The number of hydrogen-bond donors (Lipinski definition) is 1. The summed E-state index contributed by atoms with van der Waals surface area (Å²) in [7, 11) is 1.64. The monoisotopic (exact) mass is 474 g/mol. The van der Waals surface area contributed by atoms with E-state index in [0.717, 1.165) is 36.3 Å². The minimum Gasteiger partial charge on any atom is -0.497 e. The van der Waals surface area contributed by atoms with Crippen molar-refractivity contribution in [3.8, 4) is 17.1 Å². The molecule has 0 radical (unpaired) electrons. The molecule has 7 nitrogen and oxygen atoms in total. The first-order chi connectivity index (χ1) is 16.7. The molecule has 1 unspecified atom stereocenters. The molecule has 4 aromatic rings. The smallest absolute Gasteiger partial charge is 0.230 e. The van der Waals surface area contributed by atoms with Crippen molar-refractivity contribution in [2.75, 3.05) is 12.9 Å². The third-order valence-corrected chi connectivity index (χ3v) is 6.94. The highest BCUT2D eigenvalue weighted by Crippen LogP contribution is 2.30. The van der Waals surface area contributed by atoms with Gasteiger partial charge in [-0.05, 0) is 54.7 Å². The maximum Gasteiger partial charge on any atom is 0.230 e. The number of aryl methyl sites for hydroxylation is 1. The highest BCUT2D eigenvalue weighted by atomic mass is 32.2. The average molecular weight is 475 g/mol. The van der Waals surface area contributed by atoms with Crippen LogP contribution >= 0.6 is 11.8 Å². The summed E-state index contributed by atoms with van der Waals surface area (Å²) in [6.45, 7) is 0.465. The van der Waals surface area contributed by atoms with E-state index in [1.54, 1.807) is 13.4 Å². The molecule has 2 aromatic carbocycles. The molecule has 1 amide bonds. The van der Waals surface area contributed by atoms with Crippen LogP contribution in [-0.4, -0.2) is 33.5 Å². The number of thioether (sulfide) groups is 1. The third-order valence-electron chi connectivity index (χ3n) is 5.98. The standard InChI is InChI=1S/C26H26N4O3S/c1-32-20-10-4-9-19(15-20)25-28-29-26(30(25)16-21-11-6-14-33-21)34-17-24(31)27-23-13-5-8-18-7-2-3-12-22(18)23/h2-4,6-7,9-12,14-15,23H,5,8,13,16-17H2,1H3,(H,27,31). The van der Waals surface area contributed by atoms with Crippen molar-refractivity contribution in [1.29, 1.82) is 0 Å². The van der Waals surface area contributed by atoms with Crippen LogP contribution in [0.4, 0.5) is 0 Å². The summed E-state index contributed by atoms with van der Waals surface area (Å²) in [5.74, 6) is 2.47. The topological polar surface area (TPSA) is 82.2 Å². The Bertz CT molecular complexity index is 1270. The first-order valence-electron chi connectivity index (χ1n) is 11.3. The number of carbonyl (C=O) groups excluding carboxylic acids is 1. The minimum absolute atomic E-state index is 0.0119. The van der Waals surface area contributed by atoms with E-state index in [4.69, 9.17) is 9.15 Å². The predicted octanol–water partition coefficient (Wildman–Crippen LogP) is 4.88. The zero-order valence-corrected chi connectivity index (χ0v) is 19.8. The summed E-state index contributed by atoms with van der Waals surface area (Å²) in [6.07, 6.45) is 4.76. The Hall–Kier alpha value is -3.52. The summed E-state index contributed by atoms with van der Waals surface area (Å²) < 4.78 is 12.9. The minimum atomic E-state index is -0.0119. The summed E-state index contributed by atoms with van der Waals surface area (Å²) >= 11 is 1.38. The van der Waals surface area contributed by atoms with Crippen molar-refractivity contribution in [1.82, 2.24) is 20.1 Å². The van der Waals surface area contributed by atoms with Gasteiger partial charge in [-0.25, -0.2) is 0 Å². The molecule has 5 rings (SSSR count). The fourth-order valence-corrected chi connectivity index (χ4v) is 5.09. The number of hydrogen-bond acceptors (Lipinski definition) is 6. The lowest BCUT2D eigenvalue weighted by atomic mass is 9.88. The molecule has 8 heteroatoms. The number of methoxy groups -OCH3 is 1. The first-order valence-corrected chi connectivity index (χ1v) is 12.3. The van der Waals surface area contributed by atoms with Crippen molar-refractivity contribution in [2.24, 2.45) is 0 Å². The molecule has 0 saturated carbocycles. The number of carbonyl (C=O) groups is 1. The van der Waals surface area contributed by atoms with Crippen molar-refractivity contribution >= 4 is 17.7 Å². The van der Waals surface area contributed by atoms with E-state index in [1.165, 1.54) is 22.9 Å². The van der Waals surface area contributed by atoms with Crippen LogP contribution in [0.2, 0.25) is 0 Å². The third kappa shape index (κ3) is 4.87. The van der Waals surface area contributed by atoms with Gasteiger partial charge >= 0.3 is 0 Å². The number of nitrogens with one attached hydrogen (secondary N) is 1. The van der Waals surface area contributed by atoms with E-state index in [0.29, 0.717) is 17.5 Å². The molecule has 0 spiro atoms. The highest BCUT2D eigenvalue weighted by Gasteiger charge is 2.22. The largest absolute Gasteiger partial charge is 0.497 e. The number of benzene rings is 2. The van der Waals surface area contributed by atoms with Crippen molar-refractivity contribution in [3.63, 3.8) is 0 Å². The van der Waals surface area contributed by atoms with Gasteiger partial charge in [-0.15, -0.1) is 10.2 Å². The molecule has 2 aromatic heterocycles. The Morgan fingerprint density at radius 2 is 2.09 bits per heavy atom. The molecule has 2 heterocycles. The molecule has 0 saturated heterocycles. The molecule has 0 bridgehead atoms. The molecule has 174 valence electrons. The SMILES string of the molecule is COc1cccc(-c2nnc(SCC(=O)NC3CCCc4ccccc43)n2Cc2ccco2)c1. The number of amides is 1. The second-order valence-corrected chi connectivity index (χ2v) is 9.15. The summed E-state index contributed by atoms with van der Waals surface area (Å²) in [5.41, 5.74) is 3.44. The van der Waals surface area contributed by atoms with Crippen LogP contribution in [-0.2, 0) is 17.8 Å². The van der Waals surface area contributed by atoms with Crippen LogP contribution in [0, 0.1) is 0 Å². The molecule has 1 atom stereocenters. The van der Waals surface area contributed by atoms with E-state index in [1.807, 2.05) is 47.0 Å². The fourth-order valence-electron chi connectivity index (χ4n) is 4.34. The van der Waals surface area contributed by atoms with Gasteiger partial charge in [-0.2, -0.15) is 0 Å². The van der Waals surface area contributed by atoms with E-state index in [9.17, 15) is 4.79 Å². The van der Waals surface area contributed by atoms with Gasteiger partial charge < -0.3 is 14.5 Å². The van der Waals surface area contributed by atoms with Crippen LogP contribution in [0.3, 0.4) is 0 Å². The van der Waals surface area contributed by atoms with Gasteiger partial charge in [0.2, 0.25) is 5.91 Å². The number of ether oxygens (including phenoxy) is 1. The van der Waals surface area contributed by atoms with Gasteiger partial charge in [0.1, 0.15) is 11.5 Å². The number of fused-ring (bicyclic) bond motifs is 1. The molecule has 0 fully saturated rings. The van der Waals surface area contributed by atoms with Gasteiger partial charge in [-0.1, -0.05) is 48.2 Å². The zero-order valence-electron chi connectivity index (χ0n) is 18.9. The highest BCUT2D eigenvalue weighted by molar-refractivity contribution is 7.99. The van der Waals surface area contributed by atoms with Crippen LogP contribution in [0.15, 0.2) is 76.5 Å². The first kappa shape index (κ1) is 22.3. The van der Waals surface area contributed by atoms with Crippen LogP contribution in [0.5, 0.6) is 5.75 Å². The Labute approximate surface area is 202 Å². The second kappa shape index (κ2) is 10.2. The summed E-state index contributed by atoms with van der Waals surface area (Å²) in [6, 6.07) is 19.9. The lowest BCUT2D eigenvalue weighted by molar-refractivity contribution is -0.119. The summed E-state index contributed by atoms with van der Waals surface area (Å²) in [5, 5.41) is 12.7. The Morgan fingerprint density at radius 1 is 1.18 bits per heavy atom. The van der Waals surface area contributed by atoms with Crippen LogP contribution in [0.1, 0.15) is 35.8 Å². The number of aromatic nitrogens is 3. The Kier molecular flexibility index (Phi) is 6.67. The van der Waals surface area contributed by atoms with Crippen molar-refractivity contribution in [2.45, 2.75) is 37.0 Å².